The van der Waals surface area contributed by atoms with E-state index in [9.17, 15) is 13.7 Å². The summed E-state index contributed by atoms with van der Waals surface area (Å²) in [7, 11) is -0.598. The fourth-order valence-electron chi connectivity index (χ4n) is 1.64. The largest absolute Gasteiger partial charge is 0.831 e. The molecule has 17 heavy (non-hydrogen) atoms. The SMILES string of the molecule is [O-]PC(c1ccc(F)cc1)c1ccc(F)cc1. The molecule has 1 atom stereocenters. The first-order valence-electron chi connectivity index (χ1n) is 5.09. The Labute approximate surface area is 100.0 Å². The van der Waals surface area contributed by atoms with E-state index >= 15 is 0 Å². The van der Waals surface area contributed by atoms with Crippen LogP contribution in [-0.4, -0.2) is 0 Å². The molecule has 0 aliphatic rings. The summed E-state index contributed by atoms with van der Waals surface area (Å²) in [4.78, 5) is 11.2. The van der Waals surface area contributed by atoms with Crippen molar-refractivity contribution in [2.45, 2.75) is 5.66 Å². The van der Waals surface area contributed by atoms with Crippen LogP contribution in [0.3, 0.4) is 0 Å². The van der Waals surface area contributed by atoms with E-state index in [0.29, 0.717) is 0 Å². The summed E-state index contributed by atoms with van der Waals surface area (Å²) in [5.41, 5.74) is 1.17. The van der Waals surface area contributed by atoms with Gasteiger partial charge in [-0.2, -0.15) is 0 Å². The third-order valence-electron chi connectivity index (χ3n) is 2.52. The van der Waals surface area contributed by atoms with Crippen LogP contribution in [0.15, 0.2) is 48.5 Å². The molecule has 0 fully saturated rings. The molecule has 0 radical (unpaired) electrons. The smallest absolute Gasteiger partial charge is 0.123 e. The Morgan fingerprint density at radius 2 is 1.12 bits per heavy atom. The van der Waals surface area contributed by atoms with Crippen LogP contribution < -0.4 is 4.89 Å². The van der Waals surface area contributed by atoms with Crippen molar-refractivity contribution in [2.24, 2.45) is 0 Å². The average Bonchev–Trinajstić information content (AvgIpc) is 2.35. The monoisotopic (exact) mass is 251 g/mol. The predicted octanol–water partition coefficient (Wildman–Crippen LogP) is 3.01. The molecule has 0 bridgehead atoms. The van der Waals surface area contributed by atoms with Crippen LogP contribution in [0.25, 0.3) is 0 Å². The summed E-state index contributed by atoms with van der Waals surface area (Å²) in [5.74, 6) is -0.665. The second kappa shape index (κ2) is 5.35. The maximum atomic E-state index is 12.8. The summed E-state index contributed by atoms with van der Waals surface area (Å²) in [6.45, 7) is 0. The molecule has 88 valence electrons. The molecule has 4 heteroatoms. The highest BCUT2D eigenvalue weighted by Crippen LogP contribution is 2.35. The highest BCUT2D eigenvalue weighted by Gasteiger charge is 2.09. The highest BCUT2D eigenvalue weighted by atomic mass is 31.1. The minimum atomic E-state index is -0.598. The van der Waals surface area contributed by atoms with Gasteiger partial charge in [-0.25, -0.2) is 17.6 Å². The van der Waals surface area contributed by atoms with Crippen LogP contribution in [-0.2, 0) is 0 Å². The fraction of sp³-hybridized carbons (Fsp3) is 0.0769. The molecular formula is C13H10F2OP-. The van der Waals surface area contributed by atoms with Crippen LogP contribution in [0.5, 0.6) is 0 Å². The third-order valence-corrected chi connectivity index (χ3v) is 3.43. The lowest BCUT2D eigenvalue weighted by molar-refractivity contribution is -0.151. The molecule has 2 aromatic carbocycles. The maximum absolute atomic E-state index is 12.8. The lowest BCUT2D eigenvalue weighted by Crippen LogP contribution is -2.00. The van der Waals surface area contributed by atoms with Gasteiger partial charge in [-0.1, -0.05) is 24.3 Å². The average molecular weight is 251 g/mol. The van der Waals surface area contributed by atoms with E-state index in [2.05, 4.69) is 0 Å². The molecule has 0 aromatic heterocycles. The lowest BCUT2D eigenvalue weighted by atomic mass is 10.0. The van der Waals surface area contributed by atoms with Crippen molar-refractivity contribution in [1.29, 1.82) is 0 Å². The third kappa shape index (κ3) is 2.87. The molecule has 0 amide bonds. The summed E-state index contributed by atoms with van der Waals surface area (Å²) >= 11 is 0. The Balaban J connectivity index is 2.33. The van der Waals surface area contributed by atoms with Gasteiger partial charge < -0.3 is 4.89 Å². The van der Waals surface area contributed by atoms with E-state index in [0.717, 1.165) is 11.1 Å². The van der Waals surface area contributed by atoms with Gasteiger partial charge in [0.25, 0.3) is 0 Å². The van der Waals surface area contributed by atoms with Crippen LogP contribution in [0, 0.1) is 11.6 Å². The zero-order chi connectivity index (χ0) is 12.3. The zero-order valence-corrected chi connectivity index (χ0v) is 9.86. The molecule has 0 spiro atoms. The Bertz CT molecular complexity index is 436. The van der Waals surface area contributed by atoms with Gasteiger partial charge >= 0.3 is 0 Å². The molecule has 0 aliphatic heterocycles. The van der Waals surface area contributed by atoms with Gasteiger partial charge in [-0.3, -0.25) is 0 Å². The number of hydrogen-bond acceptors (Lipinski definition) is 1. The summed E-state index contributed by atoms with van der Waals surface area (Å²) < 4.78 is 25.6. The highest BCUT2D eigenvalue weighted by molar-refractivity contribution is 7.30. The summed E-state index contributed by atoms with van der Waals surface area (Å²) in [6.07, 6.45) is 0. The number of benzene rings is 2. The molecule has 0 aliphatic carbocycles. The van der Waals surface area contributed by atoms with Gasteiger partial charge in [-0.05, 0) is 35.4 Å². The van der Waals surface area contributed by atoms with Crippen molar-refractivity contribution in [3.05, 3.63) is 71.3 Å². The normalized spacial score (nSPS) is 11.5. The Kier molecular flexibility index (Phi) is 3.82. The van der Waals surface area contributed by atoms with E-state index in [1.165, 1.54) is 24.3 Å². The van der Waals surface area contributed by atoms with E-state index in [1.54, 1.807) is 24.3 Å². The van der Waals surface area contributed by atoms with Crippen molar-refractivity contribution in [1.82, 2.24) is 0 Å². The van der Waals surface area contributed by atoms with Crippen LogP contribution in [0.4, 0.5) is 8.78 Å². The second-order valence-corrected chi connectivity index (χ2v) is 4.47. The molecule has 1 unspecified atom stereocenters. The van der Waals surface area contributed by atoms with Crippen molar-refractivity contribution in [2.75, 3.05) is 0 Å². The topological polar surface area (TPSA) is 23.1 Å². The number of halogens is 2. The van der Waals surface area contributed by atoms with Crippen molar-refractivity contribution < 1.29 is 13.7 Å². The van der Waals surface area contributed by atoms with Crippen LogP contribution in [0.2, 0.25) is 0 Å². The molecule has 1 nitrogen and oxygen atoms in total. The number of rotatable bonds is 3. The van der Waals surface area contributed by atoms with E-state index in [1.807, 2.05) is 0 Å². The Morgan fingerprint density at radius 1 is 0.765 bits per heavy atom. The fourth-order valence-corrected chi connectivity index (χ4v) is 2.30. The van der Waals surface area contributed by atoms with Gasteiger partial charge in [0.1, 0.15) is 11.6 Å². The first-order chi connectivity index (χ1) is 8.20. The van der Waals surface area contributed by atoms with Gasteiger partial charge in [0, 0.05) is 5.66 Å². The van der Waals surface area contributed by atoms with E-state index in [4.69, 9.17) is 0 Å². The minimum Gasteiger partial charge on any atom is -0.831 e. The first kappa shape index (κ1) is 12.2. The molecule has 0 saturated carbocycles. The lowest BCUT2D eigenvalue weighted by Gasteiger charge is -2.21. The maximum Gasteiger partial charge on any atom is 0.123 e. The standard InChI is InChI=1S/C13H10F2OP/c14-11-5-1-9(2-6-11)13(17-16)10-3-7-12(15)8-4-10/h1-8,13,17H/q-1. The molecule has 2 aromatic rings. The molecule has 0 N–H and O–H groups in total. The minimum absolute atomic E-state index is 0.333. The Hall–Kier alpha value is -1.31. The van der Waals surface area contributed by atoms with Gasteiger partial charge in [-0.15, -0.1) is 0 Å². The first-order valence-corrected chi connectivity index (χ1v) is 6.08. The second-order valence-electron chi connectivity index (χ2n) is 3.65. The van der Waals surface area contributed by atoms with Gasteiger partial charge in [0.2, 0.25) is 0 Å². The zero-order valence-electron chi connectivity index (χ0n) is 8.86. The molecule has 2 rings (SSSR count). The Morgan fingerprint density at radius 3 is 1.41 bits per heavy atom. The molecule has 0 saturated heterocycles. The molecular weight excluding hydrogens is 241 g/mol. The van der Waals surface area contributed by atoms with Crippen LogP contribution in [0.1, 0.15) is 16.8 Å². The van der Waals surface area contributed by atoms with Crippen molar-refractivity contribution in [3.63, 3.8) is 0 Å². The summed E-state index contributed by atoms with van der Waals surface area (Å²) in [5, 5.41) is 0. The molecule has 0 heterocycles. The van der Waals surface area contributed by atoms with E-state index < -0.39 is 8.81 Å². The van der Waals surface area contributed by atoms with Crippen LogP contribution >= 0.6 is 8.81 Å². The van der Waals surface area contributed by atoms with Gasteiger partial charge in [0.15, 0.2) is 0 Å². The summed E-state index contributed by atoms with van der Waals surface area (Å²) in [6, 6.07) is 11.7. The number of hydrogen-bond donors (Lipinski definition) is 0. The van der Waals surface area contributed by atoms with E-state index in [-0.39, 0.29) is 17.3 Å². The quantitative estimate of drug-likeness (QED) is 0.769. The van der Waals surface area contributed by atoms with Gasteiger partial charge in [0.05, 0.1) is 0 Å². The predicted molar refractivity (Wildman–Crippen MR) is 63.0 cm³/mol. The van der Waals surface area contributed by atoms with Crippen molar-refractivity contribution in [3.8, 4) is 0 Å². The van der Waals surface area contributed by atoms with Crippen molar-refractivity contribution >= 4 is 8.81 Å².